The Labute approximate surface area is 140 Å². The number of hydrogen-bond acceptors (Lipinski definition) is 4. The summed E-state index contributed by atoms with van der Waals surface area (Å²) in [5, 5.41) is 9.32. The van der Waals surface area contributed by atoms with Gasteiger partial charge in [-0.3, -0.25) is 4.90 Å². The molecule has 1 unspecified atom stereocenters. The molecule has 1 aromatic carbocycles. The lowest BCUT2D eigenvalue weighted by Gasteiger charge is -2.46. The second-order valence-corrected chi connectivity index (χ2v) is 6.02. The number of carbonyl (C=O) groups excluding carboxylic acids is 1. The number of halogens is 1. The van der Waals surface area contributed by atoms with Crippen molar-refractivity contribution in [2.45, 2.75) is 38.4 Å². The van der Waals surface area contributed by atoms with E-state index < -0.39 is 18.1 Å². The van der Waals surface area contributed by atoms with E-state index in [0.29, 0.717) is 25.1 Å². The van der Waals surface area contributed by atoms with E-state index in [1.807, 2.05) is 18.7 Å². The first-order chi connectivity index (χ1) is 11.4. The summed E-state index contributed by atoms with van der Waals surface area (Å²) >= 11 is 0. The number of benzene rings is 1. The van der Waals surface area contributed by atoms with Crippen LogP contribution in [-0.4, -0.2) is 59.3 Å². The van der Waals surface area contributed by atoms with Crippen LogP contribution in [0.4, 0.5) is 9.18 Å². The molecule has 0 bridgehead atoms. The van der Waals surface area contributed by atoms with Crippen LogP contribution in [0.2, 0.25) is 0 Å². The van der Waals surface area contributed by atoms with Crippen LogP contribution in [0.3, 0.4) is 0 Å². The molecule has 6 nitrogen and oxygen atoms in total. The number of piperazine rings is 1. The number of carbonyl (C=O) groups is 2. The fraction of sp³-hybridized carbons (Fsp3) is 0.529. The van der Waals surface area contributed by atoms with Gasteiger partial charge in [-0.1, -0.05) is 19.1 Å². The molecule has 1 aromatic rings. The molecule has 1 N–H and O–H groups in total. The van der Waals surface area contributed by atoms with Gasteiger partial charge in [-0.25, -0.2) is 14.0 Å². The minimum absolute atomic E-state index is 0.119. The van der Waals surface area contributed by atoms with Crippen LogP contribution < -0.4 is 0 Å². The zero-order chi connectivity index (χ0) is 17.9. The highest BCUT2D eigenvalue weighted by Crippen LogP contribution is 2.30. The third-order valence-electron chi connectivity index (χ3n) is 4.54. The second-order valence-electron chi connectivity index (χ2n) is 6.02. The van der Waals surface area contributed by atoms with E-state index in [9.17, 15) is 19.1 Å². The summed E-state index contributed by atoms with van der Waals surface area (Å²) in [6.07, 6.45) is -0.275. The monoisotopic (exact) mass is 338 g/mol. The zero-order valence-corrected chi connectivity index (χ0v) is 14.1. The third kappa shape index (κ3) is 3.67. The molecular weight excluding hydrogens is 315 g/mol. The summed E-state index contributed by atoms with van der Waals surface area (Å²) in [7, 11) is 1.32. The summed E-state index contributed by atoms with van der Waals surface area (Å²) in [6.45, 7) is 4.49. The first-order valence-electron chi connectivity index (χ1n) is 7.97. The number of ether oxygens (including phenoxy) is 1. The van der Waals surface area contributed by atoms with Gasteiger partial charge in [0.25, 0.3) is 0 Å². The van der Waals surface area contributed by atoms with Crippen LogP contribution in [0.1, 0.15) is 31.9 Å². The van der Waals surface area contributed by atoms with Gasteiger partial charge in [0.15, 0.2) is 0 Å². The summed E-state index contributed by atoms with van der Waals surface area (Å²) in [4.78, 5) is 27.1. The Hall–Kier alpha value is -2.15. The average molecular weight is 338 g/mol. The summed E-state index contributed by atoms with van der Waals surface area (Å²) in [6, 6.07) is 4.70. The highest BCUT2D eigenvalue weighted by Gasteiger charge is 2.40. The first kappa shape index (κ1) is 18.2. The van der Waals surface area contributed by atoms with Gasteiger partial charge in [0.2, 0.25) is 0 Å². The van der Waals surface area contributed by atoms with Crippen molar-refractivity contribution in [1.29, 1.82) is 0 Å². The van der Waals surface area contributed by atoms with Crippen molar-refractivity contribution in [3.8, 4) is 0 Å². The van der Waals surface area contributed by atoms with Gasteiger partial charge in [0.05, 0.1) is 7.11 Å². The van der Waals surface area contributed by atoms with Crippen molar-refractivity contribution in [1.82, 2.24) is 9.80 Å². The molecule has 7 heteroatoms. The number of nitrogens with zero attached hydrogens (tertiary/aromatic N) is 2. The Morgan fingerprint density at radius 3 is 2.46 bits per heavy atom. The van der Waals surface area contributed by atoms with Gasteiger partial charge >= 0.3 is 12.1 Å². The molecule has 0 aromatic heterocycles. The van der Waals surface area contributed by atoms with E-state index in [4.69, 9.17) is 4.74 Å². The predicted molar refractivity (Wildman–Crippen MR) is 86.1 cm³/mol. The topological polar surface area (TPSA) is 70.1 Å². The Kier molecular flexibility index (Phi) is 5.77. The van der Waals surface area contributed by atoms with Crippen molar-refractivity contribution >= 4 is 12.1 Å². The number of esters is 1. The Bertz CT molecular complexity index is 593. The fourth-order valence-corrected chi connectivity index (χ4v) is 3.23. The van der Waals surface area contributed by atoms with Crippen molar-refractivity contribution in [2.75, 3.05) is 20.2 Å². The zero-order valence-electron chi connectivity index (χ0n) is 14.1. The van der Waals surface area contributed by atoms with E-state index >= 15 is 0 Å². The first-order valence-corrected chi connectivity index (χ1v) is 7.97. The fourth-order valence-electron chi connectivity index (χ4n) is 3.23. The molecule has 2 rings (SSSR count). The molecule has 1 aliphatic heterocycles. The SMILES string of the molecule is CC[C@@H]1CN(C(=O)O)[C@@H](C)CN1C(C(=O)OC)c1ccc(F)cc1. The molecule has 1 fully saturated rings. The lowest BCUT2D eigenvalue weighted by Crippen LogP contribution is -2.60. The number of amides is 1. The summed E-state index contributed by atoms with van der Waals surface area (Å²) in [5.41, 5.74) is 0.637. The van der Waals surface area contributed by atoms with E-state index in [1.165, 1.54) is 24.1 Å². The van der Waals surface area contributed by atoms with Gasteiger partial charge in [-0.2, -0.15) is 0 Å². The third-order valence-corrected chi connectivity index (χ3v) is 4.54. The van der Waals surface area contributed by atoms with Crippen LogP contribution >= 0.6 is 0 Å². The molecule has 0 aliphatic carbocycles. The molecule has 24 heavy (non-hydrogen) atoms. The van der Waals surface area contributed by atoms with Crippen molar-refractivity contribution in [3.63, 3.8) is 0 Å². The molecule has 1 amide bonds. The van der Waals surface area contributed by atoms with Crippen molar-refractivity contribution < 1.29 is 23.8 Å². The largest absolute Gasteiger partial charge is 0.468 e. The van der Waals surface area contributed by atoms with Crippen LogP contribution in [0.5, 0.6) is 0 Å². The molecule has 3 atom stereocenters. The quantitative estimate of drug-likeness (QED) is 0.854. The minimum Gasteiger partial charge on any atom is -0.468 e. The van der Waals surface area contributed by atoms with E-state index in [2.05, 4.69) is 0 Å². The van der Waals surface area contributed by atoms with Crippen molar-refractivity contribution in [2.24, 2.45) is 0 Å². The van der Waals surface area contributed by atoms with E-state index in [0.717, 1.165) is 0 Å². The van der Waals surface area contributed by atoms with Gasteiger partial charge in [-0.15, -0.1) is 0 Å². The van der Waals surface area contributed by atoms with Crippen LogP contribution in [0.15, 0.2) is 24.3 Å². The maximum Gasteiger partial charge on any atom is 0.407 e. The molecule has 1 aliphatic rings. The van der Waals surface area contributed by atoms with E-state index in [1.54, 1.807) is 12.1 Å². The van der Waals surface area contributed by atoms with E-state index in [-0.39, 0.29) is 17.9 Å². The molecular formula is C17H23FN2O4. The van der Waals surface area contributed by atoms with Gasteiger partial charge in [0, 0.05) is 25.2 Å². The standard InChI is InChI=1S/C17H23FN2O4/c1-4-14-10-19(17(22)23)11(2)9-20(14)15(16(21)24-3)12-5-7-13(18)8-6-12/h5-8,11,14-15H,4,9-10H2,1-3H3,(H,22,23)/t11-,14+,15?/m0/s1. The highest BCUT2D eigenvalue weighted by molar-refractivity contribution is 5.77. The maximum absolute atomic E-state index is 13.2. The van der Waals surface area contributed by atoms with Crippen LogP contribution in [0, 0.1) is 5.82 Å². The molecule has 0 spiro atoms. The lowest BCUT2D eigenvalue weighted by molar-refractivity contribution is -0.150. The minimum atomic E-state index is -0.961. The maximum atomic E-state index is 13.2. The second kappa shape index (κ2) is 7.61. The number of hydrogen-bond donors (Lipinski definition) is 1. The number of methoxy groups -OCH3 is 1. The predicted octanol–water partition coefficient (Wildman–Crippen LogP) is 2.50. The summed E-state index contributed by atoms with van der Waals surface area (Å²) < 4.78 is 18.2. The highest BCUT2D eigenvalue weighted by atomic mass is 19.1. The lowest BCUT2D eigenvalue weighted by atomic mass is 9.98. The normalized spacial score (nSPS) is 22.9. The molecule has 1 heterocycles. The molecule has 0 radical (unpaired) electrons. The Morgan fingerprint density at radius 1 is 1.33 bits per heavy atom. The molecule has 1 saturated heterocycles. The molecule has 132 valence electrons. The molecule has 0 saturated carbocycles. The van der Waals surface area contributed by atoms with Gasteiger partial charge in [0.1, 0.15) is 11.9 Å². The summed E-state index contributed by atoms with van der Waals surface area (Å²) in [5.74, 6) is -0.811. The Morgan fingerprint density at radius 2 is 1.96 bits per heavy atom. The number of rotatable bonds is 4. The van der Waals surface area contributed by atoms with Gasteiger partial charge in [-0.05, 0) is 31.0 Å². The van der Waals surface area contributed by atoms with Crippen LogP contribution in [-0.2, 0) is 9.53 Å². The van der Waals surface area contributed by atoms with Crippen LogP contribution in [0.25, 0.3) is 0 Å². The van der Waals surface area contributed by atoms with Gasteiger partial charge < -0.3 is 14.7 Å². The average Bonchev–Trinajstić information content (AvgIpc) is 2.56. The smallest absolute Gasteiger partial charge is 0.407 e. The number of carboxylic acid groups (broad SMARTS) is 1. The Balaban J connectivity index is 2.36. The van der Waals surface area contributed by atoms with Crippen molar-refractivity contribution in [3.05, 3.63) is 35.6 Å².